The Labute approximate surface area is 141 Å². The van der Waals surface area contributed by atoms with Gasteiger partial charge in [0.15, 0.2) is 5.65 Å². The van der Waals surface area contributed by atoms with Gasteiger partial charge in [0.25, 0.3) is 0 Å². The minimum absolute atomic E-state index is 0.347. The fourth-order valence-corrected chi connectivity index (χ4v) is 2.58. The average Bonchev–Trinajstić information content (AvgIpc) is 2.98. The highest BCUT2D eigenvalue weighted by molar-refractivity contribution is 6.33. The lowest BCUT2D eigenvalue weighted by Crippen LogP contribution is -2.03. The summed E-state index contributed by atoms with van der Waals surface area (Å²) in [6.07, 6.45) is 4.86. The van der Waals surface area contributed by atoms with Crippen molar-refractivity contribution in [1.82, 2.24) is 19.6 Å². The summed E-state index contributed by atoms with van der Waals surface area (Å²) in [5.74, 6) is 0.274. The van der Waals surface area contributed by atoms with Gasteiger partial charge >= 0.3 is 0 Å². The van der Waals surface area contributed by atoms with Crippen molar-refractivity contribution in [3.05, 3.63) is 71.9 Å². The van der Waals surface area contributed by atoms with E-state index >= 15 is 0 Å². The van der Waals surface area contributed by atoms with Gasteiger partial charge in [-0.2, -0.15) is 9.61 Å². The molecule has 118 valence electrons. The molecule has 0 bridgehead atoms. The second-order valence-corrected chi connectivity index (χ2v) is 5.50. The Morgan fingerprint density at radius 3 is 2.67 bits per heavy atom. The summed E-state index contributed by atoms with van der Waals surface area (Å²) in [5.41, 5.74) is 2.15. The van der Waals surface area contributed by atoms with Gasteiger partial charge in [0, 0.05) is 29.7 Å². The molecule has 0 radical (unpaired) electrons. The van der Waals surface area contributed by atoms with Crippen LogP contribution in [0.15, 0.2) is 61.1 Å². The fourth-order valence-electron chi connectivity index (χ4n) is 2.42. The minimum atomic E-state index is -0.347. The molecule has 0 aliphatic heterocycles. The highest BCUT2D eigenvalue weighted by Gasteiger charge is 2.14. The first-order chi connectivity index (χ1) is 11.7. The first-order valence-electron chi connectivity index (χ1n) is 7.18. The Hall–Kier alpha value is -2.99. The fraction of sp³-hybridized carbons (Fsp3) is 0. The average molecular weight is 340 g/mol. The molecule has 1 aromatic carbocycles. The maximum absolute atomic E-state index is 14.1. The van der Waals surface area contributed by atoms with Gasteiger partial charge in [-0.05, 0) is 24.3 Å². The standard InChI is InChI=1S/C17H11ClFN5/c18-13-10-21-24-16(22-11-5-7-20-8-6-11)9-15(23-17(13)24)12-3-1-2-4-14(12)19/h1-10H,(H,20,22). The summed E-state index contributed by atoms with van der Waals surface area (Å²) < 4.78 is 15.7. The van der Waals surface area contributed by atoms with E-state index in [4.69, 9.17) is 11.6 Å². The van der Waals surface area contributed by atoms with Crippen LogP contribution >= 0.6 is 11.6 Å². The van der Waals surface area contributed by atoms with E-state index in [0.717, 1.165) is 5.69 Å². The number of anilines is 2. The number of fused-ring (bicyclic) bond motifs is 1. The second-order valence-electron chi connectivity index (χ2n) is 5.10. The quantitative estimate of drug-likeness (QED) is 0.603. The molecule has 5 nitrogen and oxygen atoms in total. The van der Waals surface area contributed by atoms with Crippen LogP contribution in [0.2, 0.25) is 5.02 Å². The van der Waals surface area contributed by atoms with Crippen LogP contribution in [0.5, 0.6) is 0 Å². The van der Waals surface area contributed by atoms with Crippen molar-refractivity contribution in [2.45, 2.75) is 0 Å². The van der Waals surface area contributed by atoms with Gasteiger partial charge in [-0.15, -0.1) is 0 Å². The highest BCUT2D eigenvalue weighted by Crippen LogP contribution is 2.28. The van der Waals surface area contributed by atoms with Crippen molar-refractivity contribution >= 4 is 28.8 Å². The van der Waals surface area contributed by atoms with E-state index in [2.05, 4.69) is 20.4 Å². The van der Waals surface area contributed by atoms with Crippen LogP contribution in [0.3, 0.4) is 0 Å². The monoisotopic (exact) mass is 339 g/mol. The summed E-state index contributed by atoms with van der Waals surface area (Å²) in [6.45, 7) is 0. The van der Waals surface area contributed by atoms with E-state index in [1.54, 1.807) is 41.2 Å². The largest absolute Gasteiger partial charge is 0.340 e. The SMILES string of the molecule is Fc1ccccc1-c1cc(Nc2ccncc2)n2ncc(Cl)c2n1. The van der Waals surface area contributed by atoms with Crippen LogP contribution in [0.25, 0.3) is 16.9 Å². The molecule has 0 aliphatic carbocycles. The van der Waals surface area contributed by atoms with Crippen LogP contribution in [-0.4, -0.2) is 19.6 Å². The first-order valence-corrected chi connectivity index (χ1v) is 7.56. The zero-order valence-corrected chi connectivity index (χ0v) is 13.1. The summed E-state index contributed by atoms with van der Waals surface area (Å²) in [7, 11) is 0. The first kappa shape index (κ1) is 14.6. The molecular weight excluding hydrogens is 329 g/mol. The molecule has 0 fully saturated rings. The van der Waals surface area contributed by atoms with Crippen molar-refractivity contribution < 1.29 is 4.39 Å². The van der Waals surface area contributed by atoms with Gasteiger partial charge in [-0.25, -0.2) is 9.37 Å². The Kier molecular flexibility index (Phi) is 3.59. The molecule has 0 unspecified atom stereocenters. The van der Waals surface area contributed by atoms with Crippen molar-refractivity contribution in [1.29, 1.82) is 0 Å². The summed E-state index contributed by atoms with van der Waals surface area (Å²) >= 11 is 6.17. The molecular formula is C17H11ClFN5. The number of benzene rings is 1. The number of hydrogen-bond acceptors (Lipinski definition) is 4. The number of halogens is 2. The molecule has 1 N–H and O–H groups in total. The molecule has 3 aromatic heterocycles. The van der Waals surface area contributed by atoms with E-state index in [9.17, 15) is 4.39 Å². The zero-order valence-electron chi connectivity index (χ0n) is 12.3. The van der Waals surface area contributed by atoms with Crippen LogP contribution in [0.4, 0.5) is 15.9 Å². The van der Waals surface area contributed by atoms with Gasteiger partial charge in [-0.1, -0.05) is 23.7 Å². The van der Waals surface area contributed by atoms with Gasteiger partial charge in [0.1, 0.15) is 16.7 Å². The lowest BCUT2D eigenvalue weighted by Gasteiger charge is -2.11. The number of rotatable bonds is 3. The maximum atomic E-state index is 14.1. The van der Waals surface area contributed by atoms with Crippen LogP contribution < -0.4 is 5.32 Å². The predicted molar refractivity (Wildman–Crippen MR) is 90.9 cm³/mol. The minimum Gasteiger partial charge on any atom is -0.340 e. The second kappa shape index (κ2) is 5.90. The molecule has 0 aliphatic rings. The predicted octanol–water partition coefficient (Wildman–Crippen LogP) is 4.33. The molecule has 0 atom stereocenters. The number of nitrogens with zero attached hydrogens (tertiary/aromatic N) is 4. The lowest BCUT2D eigenvalue weighted by molar-refractivity contribution is 0.630. The van der Waals surface area contributed by atoms with Crippen LogP contribution in [-0.2, 0) is 0 Å². The molecule has 0 saturated carbocycles. The highest BCUT2D eigenvalue weighted by atomic mass is 35.5. The smallest absolute Gasteiger partial charge is 0.176 e. The molecule has 4 aromatic rings. The van der Waals surface area contributed by atoms with Gasteiger partial charge in [-0.3, -0.25) is 4.98 Å². The Morgan fingerprint density at radius 2 is 1.88 bits per heavy atom. The molecule has 0 amide bonds. The zero-order chi connectivity index (χ0) is 16.5. The molecule has 0 spiro atoms. The molecule has 0 saturated heterocycles. The molecule has 4 rings (SSSR count). The molecule has 7 heteroatoms. The summed E-state index contributed by atoms with van der Waals surface area (Å²) in [4.78, 5) is 8.43. The Balaban J connectivity index is 1.90. The van der Waals surface area contributed by atoms with Gasteiger partial charge < -0.3 is 5.32 Å². The normalized spacial score (nSPS) is 10.9. The Morgan fingerprint density at radius 1 is 1.08 bits per heavy atom. The number of nitrogens with one attached hydrogen (secondary N) is 1. The van der Waals surface area contributed by atoms with Crippen molar-refractivity contribution in [2.24, 2.45) is 0 Å². The third-order valence-electron chi connectivity index (χ3n) is 3.53. The number of hydrogen-bond donors (Lipinski definition) is 1. The van der Waals surface area contributed by atoms with Gasteiger partial charge in [0.05, 0.1) is 11.9 Å². The van der Waals surface area contributed by atoms with E-state index in [0.29, 0.717) is 27.7 Å². The van der Waals surface area contributed by atoms with Crippen molar-refractivity contribution in [2.75, 3.05) is 5.32 Å². The van der Waals surface area contributed by atoms with E-state index in [-0.39, 0.29) is 5.82 Å². The summed E-state index contributed by atoms with van der Waals surface area (Å²) in [6, 6.07) is 11.8. The number of pyridine rings is 1. The maximum Gasteiger partial charge on any atom is 0.176 e. The van der Waals surface area contributed by atoms with Gasteiger partial charge in [0.2, 0.25) is 0 Å². The number of aromatic nitrogens is 4. The van der Waals surface area contributed by atoms with Crippen LogP contribution in [0.1, 0.15) is 0 Å². The lowest BCUT2D eigenvalue weighted by atomic mass is 10.1. The van der Waals surface area contributed by atoms with Crippen molar-refractivity contribution in [3.63, 3.8) is 0 Å². The molecule has 3 heterocycles. The summed E-state index contributed by atoms with van der Waals surface area (Å²) in [5, 5.41) is 7.85. The van der Waals surface area contributed by atoms with E-state index < -0.39 is 0 Å². The third kappa shape index (κ3) is 2.57. The van der Waals surface area contributed by atoms with E-state index in [1.807, 2.05) is 12.1 Å². The third-order valence-corrected chi connectivity index (χ3v) is 3.80. The molecule has 24 heavy (non-hydrogen) atoms. The van der Waals surface area contributed by atoms with E-state index in [1.165, 1.54) is 12.3 Å². The Bertz CT molecular complexity index is 1020. The van der Waals surface area contributed by atoms with Crippen LogP contribution in [0, 0.1) is 5.82 Å². The van der Waals surface area contributed by atoms with Crippen molar-refractivity contribution in [3.8, 4) is 11.3 Å². The topological polar surface area (TPSA) is 55.1 Å².